The fraction of sp³-hybridized carbons (Fsp3) is 0.484. The minimum absolute atomic E-state index is 0.379. The largest absolute Gasteiger partial charge is 0.382 e. The maximum absolute atomic E-state index is 12.0. The van der Waals surface area contributed by atoms with Crippen molar-refractivity contribution in [2.75, 3.05) is 23.0 Å². The Morgan fingerprint density at radius 1 is 0.696 bits per heavy atom. The maximum atomic E-state index is 12.0. The van der Waals surface area contributed by atoms with Crippen LogP contribution in [0.2, 0.25) is 0 Å². The molecule has 0 saturated heterocycles. The van der Waals surface area contributed by atoms with Gasteiger partial charge >= 0.3 is 0 Å². The smallest absolute Gasteiger partial charge is 0.269 e. The van der Waals surface area contributed by atoms with Gasteiger partial charge in [0.15, 0.2) is 0 Å². The molecule has 4 amide bonds. The van der Waals surface area contributed by atoms with E-state index in [1.165, 1.54) is 0 Å². The van der Waals surface area contributed by atoms with E-state index in [9.17, 15) is 29.4 Å². The molecule has 0 aliphatic rings. The van der Waals surface area contributed by atoms with Gasteiger partial charge in [0.1, 0.15) is 12.2 Å². The van der Waals surface area contributed by atoms with Gasteiger partial charge in [-0.1, -0.05) is 55.8 Å². The second-order valence-electron chi connectivity index (χ2n) is 10.4. The summed E-state index contributed by atoms with van der Waals surface area (Å²) in [6.07, 6.45) is -1.67. The lowest BCUT2D eigenvalue weighted by atomic mass is 10.0. The number of aliphatic hydroxyl groups is 2. The standard InChI is InChI=1S/C17H27N3O3S.C14H20BrN3O3S/c1-4-24-10-9-14(18)15(21)17(23)20-19-16(22)13-7-5-12(6-8-13)11(2)3;1-2-22-8-7-11(16)12(19)14(21)18-17-13(20)9-3-5-10(15)6-4-9/h5-8,11,14-15,21H,4,9-10,18H2,1-3H3,(H,19,22)(H,20,23);3-6,11-12,19H,2,7-8,16H2,1H3,(H,17,20)(H,18,21)/t14-,15?;11-,12?/m11/s1. The van der Waals surface area contributed by atoms with Gasteiger partial charge in [0.2, 0.25) is 0 Å². The molecule has 2 aromatic rings. The Bertz CT molecular complexity index is 1220. The minimum atomic E-state index is -1.36. The van der Waals surface area contributed by atoms with Gasteiger partial charge in [-0.3, -0.25) is 40.9 Å². The lowest BCUT2D eigenvalue weighted by Crippen LogP contribution is -2.52. The summed E-state index contributed by atoms with van der Waals surface area (Å²) in [5, 5.41) is 19.7. The van der Waals surface area contributed by atoms with Gasteiger partial charge in [0.05, 0.1) is 0 Å². The molecule has 0 radical (unpaired) electrons. The fourth-order valence-electron chi connectivity index (χ4n) is 3.58. The van der Waals surface area contributed by atoms with Crippen LogP contribution < -0.4 is 33.2 Å². The van der Waals surface area contributed by atoms with E-state index in [0.29, 0.717) is 29.9 Å². The number of rotatable bonds is 15. The minimum Gasteiger partial charge on any atom is -0.382 e. The van der Waals surface area contributed by atoms with Gasteiger partial charge in [0, 0.05) is 27.7 Å². The summed E-state index contributed by atoms with van der Waals surface area (Å²) in [5.41, 5.74) is 22.4. The van der Waals surface area contributed by atoms with E-state index in [2.05, 4.69) is 51.5 Å². The van der Waals surface area contributed by atoms with Gasteiger partial charge in [-0.25, -0.2) is 0 Å². The summed E-state index contributed by atoms with van der Waals surface area (Å²) >= 11 is 6.64. The van der Waals surface area contributed by atoms with Crippen LogP contribution in [0, 0.1) is 0 Å². The number of hydrogen-bond acceptors (Lipinski definition) is 10. The molecule has 0 aromatic heterocycles. The summed E-state index contributed by atoms with van der Waals surface area (Å²) in [4.78, 5) is 47.4. The van der Waals surface area contributed by atoms with Gasteiger partial charge < -0.3 is 21.7 Å². The molecule has 0 bridgehead atoms. The Hall–Kier alpha value is -2.66. The second kappa shape index (κ2) is 22.8. The van der Waals surface area contributed by atoms with Crippen molar-refractivity contribution >= 4 is 63.1 Å². The number of hydrazine groups is 2. The van der Waals surface area contributed by atoms with Crippen molar-refractivity contribution in [3.05, 3.63) is 69.7 Å². The van der Waals surface area contributed by atoms with Crippen LogP contribution in [-0.4, -0.2) is 81.1 Å². The number of hydrogen-bond donors (Lipinski definition) is 8. The molecule has 0 saturated carbocycles. The Balaban J connectivity index is 0.000000462. The first kappa shape index (κ1) is 41.4. The van der Waals surface area contributed by atoms with E-state index in [4.69, 9.17) is 11.5 Å². The van der Waals surface area contributed by atoms with Crippen LogP contribution in [0.1, 0.15) is 72.7 Å². The lowest BCUT2D eigenvalue weighted by Gasteiger charge is -2.18. The number of carbonyl (C=O) groups excluding carboxylic acids is 4. The van der Waals surface area contributed by atoms with Crippen molar-refractivity contribution in [2.45, 2.75) is 70.7 Å². The highest BCUT2D eigenvalue weighted by atomic mass is 79.9. The molecule has 15 heteroatoms. The SMILES string of the molecule is CCSCC[C@@H](N)C(O)C(=O)NNC(=O)c1ccc(Br)cc1.CCSCC[C@@H](N)C(O)C(=O)NNC(=O)c1ccc(C(C)C)cc1. The van der Waals surface area contributed by atoms with Crippen molar-refractivity contribution in [3.63, 3.8) is 0 Å². The third-order valence-electron chi connectivity index (χ3n) is 6.49. The van der Waals surface area contributed by atoms with E-state index < -0.39 is 47.9 Å². The molecule has 2 unspecified atom stereocenters. The normalized spacial score (nSPS) is 13.3. The molecule has 46 heavy (non-hydrogen) atoms. The zero-order valence-electron chi connectivity index (χ0n) is 26.6. The Morgan fingerprint density at radius 3 is 1.41 bits per heavy atom. The van der Waals surface area contributed by atoms with Crippen molar-refractivity contribution in [1.82, 2.24) is 21.7 Å². The van der Waals surface area contributed by atoms with E-state index in [0.717, 1.165) is 33.0 Å². The number of amides is 4. The van der Waals surface area contributed by atoms with Crippen LogP contribution >= 0.6 is 39.5 Å². The number of halogens is 1. The monoisotopic (exact) mass is 742 g/mol. The number of nitrogens with two attached hydrogens (primary N) is 2. The first-order valence-electron chi connectivity index (χ1n) is 14.9. The lowest BCUT2D eigenvalue weighted by molar-refractivity contribution is -0.131. The average Bonchev–Trinajstić information content (AvgIpc) is 3.05. The molecule has 0 fully saturated rings. The van der Waals surface area contributed by atoms with Crippen molar-refractivity contribution in [3.8, 4) is 0 Å². The maximum Gasteiger partial charge on any atom is 0.269 e. The van der Waals surface area contributed by atoms with Crippen LogP contribution in [0.3, 0.4) is 0 Å². The number of thioether (sulfide) groups is 2. The zero-order chi connectivity index (χ0) is 34.6. The Kier molecular flexibility index (Phi) is 20.5. The molecule has 0 aliphatic heterocycles. The predicted octanol–water partition coefficient (Wildman–Crippen LogP) is 2.44. The van der Waals surface area contributed by atoms with Crippen molar-refractivity contribution in [2.24, 2.45) is 11.5 Å². The Labute approximate surface area is 288 Å². The van der Waals surface area contributed by atoms with Crippen molar-refractivity contribution < 1.29 is 29.4 Å². The Morgan fingerprint density at radius 2 is 1.07 bits per heavy atom. The topological polar surface area (TPSA) is 209 Å². The quantitative estimate of drug-likeness (QED) is 0.0988. The fourth-order valence-corrected chi connectivity index (χ4v) is 5.30. The third kappa shape index (κ3) is 15.8. The summed E-state index contributed by atoms with van der Waals surface area (Å²) in [6, 6.07) is 12.5. The van der Waals surface area contributed by atoms with Gasteiger partial charge in [-0.05, 0) is 83.7 Å². The predicted molar refractivity (Wildman–Crippen MR) is 189 cm³/mol. The number of nitrogens with one attached hydrogen (secondary N) is 4. The summed E-state index contributed by atoms with van der Waals surface area (Å²) in [7, 11) is 0. The molecule has 2 aromatic carbocycles. The molecular weight excluding hydrogens is 696 g/mol. The molecule has 10 N–H and O–H groups in total. The molecule has 4 atom stereocenters. The molecule has 12 nitrogen and oxygen atoms in total. The second-order valence-corrected chi connectivity index (χ2v) is 14.1. The molecule has 2 rings (SSSR count). The van der Waals surface area contributed by atoms with Gasteiger partial charge in [-0.15, -0.1) is 0 Å². The third-order valence-corrected chi connectivity index (χ3v) is 8.89. The average molecular weight is 744 g/mol. The van der Waals surface area contributed by atoms with Gasteiger partial charge in [0.25, 0.3) is 23.6 Å². The summed E-state index contributed by atoms with van der Waals surface area (Å²) in [6.45, 7) is 8.19. The zero-order valence-corrected chi connectivity index (χ0v) is 29.8. The van der Waals surface area contributed by atoms with Crippen LogP contribution in [0.15, 0.2) is 53.0 Å². The van der Waals surface area contributed by atoms with E-state index >= 15 is 0 Å². The highest BCUT2D eigenvalue weighted by Crippen LogP contribution is 2.15. The van der Waals surface area contributed by atoms with Gasteiger partial charge in [-0.2, -0.15) is 23.5 Å². The van der Waals surface area contributed by atoms with Crippen molar-refractivity contribution in [1.29, 1.82) is 0 Å². The summed E-state index contributed by atoms with van der Waals surface area (Å²) in [5.74, 6) is 1.49. The summed E-state index contributed by atoms with van der Waals surface area (Å²) < 4.78 is 0.847. The van der Waals surface area contributed by atoms with Crippen LogP contribution in [0.25, 0.3) is 0 Å². The highest BCUT2D eigenvalue weighted by molar-refractivity contribution is 9.10. The highest BCUT2D eigenvalue weighted by Gasteiger charge is 2.24. The number of aliphatic hydroxyl groups excluding tert-OH is 2. The van der Waals surface area contributed by atoms with Crippen LogP contribution in [0.5, 0.6) is 0 Å². The van der Waals surface area contributed by atoms with E-state index in [1.807, 2.05) is 26.0 Å². The molecule has 0 aliphatic carbocycles. The first-order valence-corrected chi connectivity index (χ1v) is 18.0. The van der Waals surface area contributed by atoms with Crippen LogP contribution in [-0.2, 0) is 9.59 Å². The molecule has 0 heterocycles. The molecule has 0 spiro atoms. The molecule has 256 valence electrons. The van der Waals surface area contributed by atoms with E-state index in [-0.39, 0.29) is 0 Å². The number of benzene rings is 2. The first-order chi connectivity index (χ1) is 21.8. The van der Waals surface area contributed by atoms with E-state index in [1.54, 1.807) is 59.9 Å². The van der Waals surface area contributed by atoms with Crippen LogP contribution in [0.4, 0.5) is 0 Å². The number of carbonyl (C=O) groups is 4. The molecular formula is C31H47BrN6O6S2.